The number of tetrazole rings is 1. The van der Waals surface area contributed by atoms with Gasteiger partial charge in [-0.1, -0.05) is 25.5 Å². The minimum absolute atomic E-state index is 0.0337. The number of hydrogen-bond acceptors (Lipinski definition) is 7. The summed E-state index contributed by atoms with van der Waals surface area (Å²) in [7, 11) is 0. The number of fused-ring (bicyclic) bond motifs is 1. The predicted molar refractivity (Wildman–Crippen MR) is 132 cm³/mol. The van der Waals surface area contributed by atoms with E-state index in [-0.39, 0.29) is 41.6 Å². The quantitative estimate of drug-likeness (QED) is 0.299. The SMILES string of the molecule is CCCc1ccc(NC(=O)c2ccc3cc(-c4nnnn4COC(=O)C(C)(C)C)oc3c2)cc1C(F)(F)F. The number of anilines is 1. The van der Waals surface area contributed by atoms with Crippen LogP contribution in [0.2, 0.25) is 0 Å². The van der Waals surface area contributed by atoms with Gasteiger partial charge in [0.15, 0.2) is 12.5 Å². The van der Waals surface area contributed by atoms with Gasteiger partial charge in [-0.15, -0.1) is 5.10 Å². The molecule has 0 aliphatic rings. The van der Waals surface area contributed by atoms with E-state index in [1.54, 1.807) is 39.8 Å². The summed E-state index contributed by atoms with van der Waals surface area (Å²) < 4.78 is 52.9. The zero-order valence-corrected chi connectivity index (χ0v) is 21.2. The third-order valence-corrected chi connectivity index (χ3v) is 5.66. The van der Waals surface area contributed by atoms with Crippen LogP contribution in [0.3, 0.4) is 0 Å². The van der Waals surface area contributed by atoms with Gasteiger partial charge in [0.1, 0.15) is 5.58 Å². The van der Waals surface area contributed by atoms with Crippen molar-refractivity contribution in [1.82, 2.24) is 20.2 Å². The number of benzene rings is 2. The summed E-state index contributed by atoms with van der Waals surface area (Å²) in [6.07, 6.45) is -3.69. The number of esters is 1. The van der Waals surface area contributed by atoms with Crippen LogP contribution in [0, 0.1) is 5.41 Å². The summed E-state index contributed by atoms with van der Waals surface area (Å²) in [6, 6.07) is 10.1. The molecule has 0 unspecified atom stereocenters. The van der Waals surface area contributed by atoms with Gasteiger partial charge in [-0.05, 0) is 73.5 Å². The monoisotopic (exact) mass is 529 g/mol. The molecule has 1 amide bonds. The number of carbonyl (C=O) groups is 2. The highest BCUT2D eigenvalue weighted by Crippen LogP contribution is 2.35. The number of nitrogens with one attached hydrogen (secondary N) is 1. The van der Waals surface area contributed by atoms with E-state index in [0.717, 1.165) is 6.07 Å². The molecule has 200 valence electrons. The first-order valence-corrected chi connectivity index (χ1v) is 11.9. The largest absolute Gasteiger partial charge is 0.453 e. The van der Waals surface area contributed by atoms with Crippen molar-refractivity contribution in [2.75, 3.05) is 5.32 Å². The van der Waals surface area contributed by atoms with Crippen LogP contribution < -0.4 is 5.32 Å². The molecule has 9 nitrogen and oxygen atoms in total. The Labute approximate surface area is 216 Å². The summed E-state index contributed by atoms with van der Waals surface area (Å²) in [6.45, 7) is 6.74. The van der Waals surface area contributed by atoms with E-state index >= 15 is 0 Å². The predicted octanol–water partition coefficient (Wildman–Crippen LogP) is 5.86. The van der Waals surface area contributed by atoms with Crippen LogP contribution in [0.15, 0.2) is 46.9 Å². The Bertz CT molecular complexity index is 1480. The average molecular weight is 530 g/mol. The lowest BCUT2D eigenvalue weighted by atomic mass is 9.98. The third kappa shape index (κ3) is 5.84. The van der Waals surface area contributed by atoms with Crippen molar-refractivity contribution in [2.24, 2.45) is 5.41 Å². The van der Waals surface area contributed by atoms with Crippen LogP contribution in [0.4, 0.5) is 18.9 Å². The van der Waals surface area contributed by atoms with E-state index in [0.29, 0.717) is 17.4 Å². The van der Waals surface area contributed by atoms with Crippen LogP contribution in [-0.4, -0.2) is 32.1 Å². The van der Waals surface area contributed by atoms with Crippen molar-refractivity contribution in [3.63, 3.8) is 0 Å². The van der Waals surface area contributed by atoms with Gasteiger partial charge < -0.3 is 14.5 Å². The zero-order chi connectivity index (χ0) is 27.7. The number of hydrogen-bond donors (Lipinski definition) is 1. The second kappa shape index (κ2) is 10.3. The molecule has 12 heteroatoms. The molecule has 4 aromatic rings. The van der Waals surface area contributed by atoms with Gasteiger partial charge in [-0.2, -0.15) is 17.9 Å². The summed E-state index contributed by atoms with van der Waals surface area (Å²) in [5.74, 6) is -0.543. The second-order valence-corrected chi connectivity index (χ2v) is 9.75. The molecule has 0 atom stereocenters. The number of nitrogens with zero attached hydrogens (tertiary/aromatic N) is 4. The van der Waals surface area contributed by atoms with E-state index in [4.69, 9.17) is 9.15 Å². The lowest BCUT2D eigenvalue weighted by Gasteiger charge is -2.16. The molecule has 2 aromatic carbocycles. The van der Waals surface area contributed by atoms with Crippen LogP contribution >= 0.6 is 0 Å². The molecule has 1 N–H and O–H groups in total. The zero-order valence-electron chi connectivity index (χ0n) is 21.2. The lowest BCUT2D eigenvalue weighted by Crippen LogP contribution is -2.24. The van der Waals surface area contributed by atoms with E-state index in [1.165, 1.54) is 28.9 Å². The smallest absolute Gasteiger partial charge is 0.416 e. The number of halogens is 3. The summed E-state index contributed by atoms with van der Waals surface area (Å²) in [4.78, 5) is 24.9. The van der Waals surface area contributed by atoms with E-state index < -0.39 is 29.0 Å². The normalized spacial score (nSPS) is 12.1. The van der Waals surface area contributed by atoms with Gasteiger partial charge in [0.05, 0.1) is 11.0 Å². The van der Waals surface area contributed by atoms with Crippen LogP contribution in [-0.2, 0) is 28.9 Å². The van der Waals surface area contributed by atoms with Gasteiger partial charge in [-0.3, -0.25) is 9.59 Å². The van der Waals surface area contributed by atoms with Gasteiger partial charge in [-0.25, -0.2) is 0 Å². The molecule has 4 rings (SSSR count). The fourth-order valence-electron chi connectivity index (χ4n) is 3.70. The first kappa shape index (κ1) is 26.8. The Balaban J connectivity index is 1.54. The first-order valence-electron chi connectivity index (χ1n) is 11.9. The summed E-state index contributed by atoms with van der Waals surface area (Å²) >= 11 is 0. The number of aromatic nitrogens is 4. The summed E-state index contributed by atoms with van der Waals surface area (Å²) in [5, 5.41) is 14.5. The highest BCUT2D eigenvalue weighted by molar-refractivity contribution is 6.06. The number of alkyl halides is 3. The van der Waals surface area contributed by atoms with E-state index in [2.05, 4.69) is 20.8 Å². The second-order valence-electron chi connectivity index (χ2n) is 9.75. The van der Waals surface area contributed by atoms with Crippen molar-refractivity contribution in [2.45, 2.75) is 53.4 Å². The van der Waals surface area contributed by atoms with Gasteiger partial charge in [0, 0.05) is 16.6 Å². The maximum absolute atomic E-state index is 13.5. The Morgan fingerprint density at radius 3 is 2.53 bits per heavy atom. The molecular formula is C26H26F3N5O4. The molecule has 38 heavy (non-hydrogen) atoms. The Morgan fingerprint density at radius 1 is 1.08 bits per heavy atom. The molecular weight excluding hydrogens is 503 g/mol. The number of carbonyl (C=O) groups excluding carboxylic acids is 2. The molecule has 0 fully saturated rings. The maximum Gasteiger partial charge on any atom is 0.416 e. The van der Waals surface area contributed by atoms with Crippen molar-refractivity contribution in [1.29, 1.82) is 0 Å². The van der Waals surface area contributed by atoms with Crippen molar-refractivity contribution in [3.05, 3.63) is 59.2 Å². The number of furan rings is 1. The van der Waals surface area contributed by atoms with E-state index in [1.807, 2.05) is 0 Å². The number of rotatable bonds is 7. The van der Waals surface area contributed by atoms with Crippen LogP contribution in [0.25, 0.3) is 22.6 Å². The molecule has 0 aliphatic heterocycles. The van der Waals surface area contributed by atoms with E-state index in [9.17, 15) is 22.8 Å². The highest BCUT2D eigenvalue weighted by atomic mass is 19.4. The Kier molecular flexibility index (Phi) is 7.25. The highest BCUT2D eigenvalue weighted by Gasteiger charge is 2.33. The molecule has 0 saturated heterocycles. The standard InChI is InChI=1S/C26H26F3N5O4/c1-5-6-15-9-10-18(13-19(15)26(27,28)29)30-23(35)17-8-7-16-11-21(38-20(16)12-17)22-31-32-33-34(22)14-37-24(36)25(2,3)4/h7-13H,5-6,14H2,1-4H3,(H,30,35). The van der Waals surface area contributed by atoms with Crippen LogP contribution in [0.1, 0.15) is 55.6 Å². The topological polar surface area (TPSA) is 112 Å². The fourth-order valence-corrected chi connectivity index (χ4v) is 3.70. The number of amides is 1. The lowest BCUT2D eigenvalue weighted by molar-refractivity contribution is -0.157. The molecule has 0 radical (unpaired) electrons. The van der Waals surface area contributed by atoms with Gasteiger partial charge in [0.2, 0.25) is 5.82 Å². The molecule has 0 bridgehead atoms. The van der Waals surface area contributed by atoms with Crippen LogP contribution in [0.5, 0.6) is 0 Å². The minimum Gasteiger partial charge on any atom is -0.453 e. The van der Waals surface area contributed by atoms with Crippen molar-refractivity contribution in [3.8, 4) is 11.6 Å². The molecule has 0 aliphatic carbocycles. The fraction of sp³-hybridized carbons (Fsp3) is 0.346. The first-order chi connectivity index (χ1) is 17.9. The average Bonchev–Trinajstić information content (AvgIpc) is 3.48. The number of aryl methyl sites for hydroxylation is 1. The summed E-state index contributed by atoms with van der Waals surface area (Å²) in [5.41, 5.74) is -0.735. The van der Waals surface area contributed by atoms with Crippen molar-refractivity contribution >= 4 is 28.5 Å². The molecule has 2 aromatic heterocycles. The maximum atomic E-state index is 13.5. The number of ether oxygens (including phenoxy) is 1. The Hall–Kier alpha value is -4.22. The molecule has 0 saturated carbocycles. The van der Waals surface area contributed by atoms with Crippen molar-refractivity contribution < 1.29 is 31.9 Å². The molecule has 2 heterocycles. The minimum atomic E-state index is -4.53. The van der Waals surface area contributed by atoms with Gasteiger partial charge in [0.25, 0.3) is 5.91 Å². The Morgan fingerprint density at radius 2 is 1.84 bits per heavy atom. The molecule has 0 spiro atoms. The third-order valence-electron chi connectivity index (χ3n) is 5.66. The van der Waals surface area contributed by atoms with Gasteiger partial charge >= 0.3 is 12.1 Å².